The number of nitrogens with two attached hydrogens (primary N) is 2. The average Bonchev–Trinajstić information content (AvgIpc) is 3.23. The molecule has 0 amide bonds. The molecular formula is C16H18Cl2N6O. The highest BCUT2D eigenvalue weighted by Crippen LogP contribution is 2.38. The monoisotopic (exact) mass is 380 g/mol. The number of aromatic nitrogens is 3. The number of aromatic amines is 1. The topological polar surface area (TPSA) is 109 Å². The van der Waals surface area contributed by atoms with Gasteiger partial charge in [-0.25, -0.2) is 5.84 Å². The van der Waals surface area contributed by atoms with Crippen LogP contribution in [0.15, 0.2) is 36.9 Å². The predicted octanol–water partition coefficient (Wildman–Crippen LogP) is 2.61. The molecule has 132 valence electrons. The van der Waals surface area contributed by atoms with Crippen LogP contribution in [0.2, 0.25) is 10.0 Å². The lowest BCUT2D eigenvalue weighted by molar-refractivity contribution is 0.260. The number of aliphatic hydroxyl groups excluding tert-OH is 1. The molecule has 0 radical (unpaired) electrons. The third kappa shape index (κ3) is 3.45. The zero-order valence-corrected chi connectivity index (χ0v) is 14.8. The second-order valence-electron chi connectivity index (χ2n) is 5.53. The third-order valence-corrected chi connectivity index (χ3v) is 4.61. The highest BCUT2D eigenvalue weighted by molar-refractivity contribution is 6.45. The van der Waals surface area contributed by atoms with Crippen molar-refractivity contribution in [2.45, 2.75) is 6.42 Å². The Hall–Kier alpha value is -2.19. The molecule has 25 heavy (non-hydrogen) atoms. The summed E-state index contributed by atoms with van der Waals surface area (Å²) in [5.74, 6) is 6.27. The number of nitrogens with zero attached hydrogens (tertiary/aromatic N) is 3. The average molecular weight is 381 g/mol. The number of rotatable bonds is 6. The maximum absolute atomic E-state index is 8.90. The zero-order valence-electron chi connectivity index (χ0n) is 13.3. The molecule has 0 atom stereocenters. The lowest BCUT2D eigenvalue weighted by Crippen LogP contribution is -2.28. The van der Waals surface area contributed by atoms with Crippen LogP contribution in [0, 0.1) is 0 Å². The van der Waals surface area contributed by atoms with E-state index in [1.54, 1.807) is 29.2 Å². The van der Waals surface area contributed by atoms with Crippen LogP contribution in [0.1, 0.15) is 6.42 Å². The second kappa shape index (κ2) is 7.37. The number of hydrazine groups is 1. The van der Waals surface area contributed by atoms with E-state index in [1.165, 1.54) is 5.01 Å². The maximum Gasteiger partial charge on any atom is 0.125 e. The Balaban J connectivity index is 2.14. The van der Waals surface area contributed by atoms with Crippen molar-refractivity contribution >= 4 is 39.9 Å². The van der Waals surface area contributed by atoms with Crippen LogP contribution < -0.4 is 11.6 Å². The summed E-state index contributed by atoms with van der Waals surface area (Å²) in [4.78, 5) is 0. The Morgan fingerprint density at radius 2 is 2.20 bits per heavy atom. The normalized spacial score (nSPS) is 12.1. The summed E-state index contributed by atoms with van der Waals surface area (Å²) in [6.07, 6.45) is 7.50. The van der Waals surface area contributed by atoms with Crippen molar-refractivity contribution in [2.24, 2.45) is 11.6 Å². The molecule has 0 aliphatic heterocycles. The number of H-pyrrole nitrogens is 1. The zero-order chi connectivity index (χ0) is 18.0. The van der Waals surface area contributed by atoms with E-state index < -0.39 is 0 Å². The highest BCUT2D eigenvalue weighted by Gasteiger charge is 2.17. The number of benzene rings is 1. The fraction of sp³-hybridized carbons (Fsp3) is 0.188. The Morgan fingerprint density at radius 3 is 2.88 bits per heavy atom. The molecule has 3 aromatic rings. The van der Waals surface area contributed by atoms with E-state index in [9.17, 15) is 0 Å². The summed E-state index contributed by atoms with van der Waals surface area (Å²) in [5.41, 5.74) is 8.74. The summed E-state index contributed by atoms with van der Waals surface area (Å²) in [6.45, 7) is 0.527. The van der Waals surface area contributed by atoms with Crippen molar-refractivity contribution in [3.8, 4) is 11.1 Å². The molecule has 0 aliphatic carbocycles. The lowest BCUT2D eigenvalue weighted by Gasteiger charge is -2.15. The molecule has 3 rings (SSSR count). The number of nitrogens with one attached hydrogen (secondary N) is 1. The van der Waals surface area contributed by atoms with Gasteiger partial charge in [0.15, 0.2) is 0 Å². The highest BCUT2D eigenvalue weighted by atomic mass is 35.5. The minimum atomic E-state index is 0.0555. The van der Waals surface area contributed by atoms with Gasteiger partial charge in [-0.05, 0) is 12.5 Å². The fourth-order valence-corrected chi connectivity index (χ4v) is 3.05. The molecule has 9 heteroatoms. The van der Waals surface area contributed by atoms with Gasteiger partial charge in [-0.3, -0.25) is 9.67 Å². The van der Waals surface area contributed by atoms with Crippen molar-refractivity contribution in [1.82, 2.24) is 19.8 Å². The van der Waals surface area contributed by atoms with Gasteiger partial charge in [0.05, 0.1) is 28.0 Å². The van der Waals surface area contributed by atoms with Crippen LogP contribution in [0.4, 0.5) is 0 Å². The van der Waals surface area contributed by atoms with E-state index in [2.05, 4.69) is 10.2 Å². The van der Waals surface area contributed by atoms with Gasteiger partial charge in [-0.15, -0.1) is 0 Å². The van der Waals surface area contributed by atoms with Crippen molar-refractivity contribution < 1.29 is 5.11 Å². The first-order chi connectivity index (χ1) is 12.0. The van der Waals surface area contributed by atoms with Crippen molar-refractivity contribution in [1.29, 1.82) is 0 Å². The second-order valence-corrected chi connectivity index (χ2v) is 6.31. The molecule has 0 saturated heterocycles. The van der Waals surface area contributed by atoms with Crippen LogP contribution >= 0.6 is 23.2 Å². The van der Waals surface area contributed by atoms with Crippen molar-refractivity contribution in [3.63, 3.8) is 0 Å². The van der Waals surface area contributed by atoms with E-state index in [0.717, 1.165) is 16.5 Å². The van der Waals surface area contributed by atoms with E-state index in [4.69, 9.17) is 39.9 Å². The summed E-state index contributed by atoms with van der Waals surface area (Å²) >= 11 is 12.6. The summed E-state index contributed by atoms with van der Waals surface area (Å²) in [7, 11) is 0. The predicted molar refractivity (Wildman–Crippen MR) is 101 cm³/mol. The lowest BCUT2D eigenvalue weighted by atomic mass is 10.1. The summed E-state index contributed by atoms with van der Waals surface area (Å²) < 4.78 is 1.74. The Morgan fingerprint density at radius 1 is 1.40 bits per heavy atom. The smallest absolute Gasteiger partial charge is 0.125 e. The van der Waals surface area contributed by atoms with Gasteiger partial charge in [0.2, 0.25) is 0 Å². The molecular weight excluding hydrogens is 363 g/mol. The molecule has 0 fully saturated rings. The number of halogens is 2. The van der Waals surface area contributed by atoms with E-state index in [1.807, 2.05) is 12.3 Å². The quantitative estimate of drug-likeness (QED) is 0.388. The minimum absolute atomic E-state index is 0.0555. The SMILES string of the molecule is N/C(=C\N(N)CCCO)n1cc(-c2cn[nH]c2)c2ccc(Cl)c(Cl)c21. The Labute approximate surface area is 154 Å². The molecule has 2 aromatic heterocycles. The van der Waals surface area contributed by atoms with Gasteiger partial charge in [-0.2, -0.15) is 5.10 Å². The minimum Gasteiger partial charge on any atom is -0.396 e. The first kappa shape index (κ1) is 17.6. The molecule has 0 bridgehead atoms. The van der Waals surface area contributed by atoms with E-state index >= 15 is 0 Å². The summed E-state index contributed by atoms with van der Waals surface area (Å²) in [5, 5.41) is 18.9. The Kier molecular flexibility index (Phi) is 5.19. The van der Waals surface area contributed by atoms with Gasteiger partial charge in [0.25, 0.3) is 0 Å². The van der Waals surface area contributed by atoms with Gasteiger partial charge in [-0.1, -0.05) is 29.3 Å². The van der Waals surface area contributed by atoms with Crippen LogP contribution in [0.25, 0.3) is 27.9 Å². The molecule has 1 aromatic carbocycles. The standard InChI is InChI=1S/C16H18Cl2N6O/c17-13-3-2-11-12(10-6-21-22-7-10)8-24(16(11)15(13)18)14(19)9-23(20)4-1-5-25/h2-3,6-9,25H,1,4-5,19-20H2,(H,21,22)/b14-9+. The number of hydrogen-bond acceptors (Lipinski definition) is 5. The molecule has 0 unspecified atom stereocenters. The van der Waals surface area contributed by atoms with Crippen LogP contribution in [-0.4, -0.2) is 38.0 Å². The summed E-state index contributed by atoms with van der Waals surface area (Å²) in [6, 6.07) is 3.64. The first-order valence-corrected chi connectivity index (χ1v) is 8.36. The van der Waals surface area contributed by atoms with Crippen LogP contribution in [-0.2, 0) is 0 Å². The molecule has 0 aliphatic rings. The number of aliphatic hydroxyl groups is 1. The molecule has 2 heterocycles. The molecule has 7 nitrogen and oxygen atoms in total. The largest absolute Gasteiger partial charge is 0.396 e. The molecule has 6 N–H and O–H groups in total. The first-order valence-electron chi connectivity index (χ1n) is 7.61. The van der Waals surface area contributed by atoms with E-state index in [0.29, 0.717) is 34.3 Å². The van der Waals surface area contributed by atoms with Gasteiger partial charge >= 0.3 is 0 Å². The van der Waals surface area contributed by atoms with Crippen LogP contribution in [0.5, 0.6) is 0 Å². The molecule has 0 saturated carbocycles. The van der Waals surface area contributed by atoms with Crippen LogP contribution in [0.3, 0.4) is 0 Å². The van der Waals surface area contributed by atoms with Gasteiger partial charge < -0.3 is 15.8 Å². The third-order valence-electron chi connectivity index (χ3n) is 3.82. The molecule has 0 spiro atoms. The van der Waals surface area contributed by atoms with Gasteiger partial charge in [0.1, 0.15) is 5.82 Å². The number of fused-ring (bicyclic) bond motifs is 1. The van der Waals surface area contributed by atoms with Crippen molar-refractivity contribution in [3.05, 3.63) is 47.0 Å². The van der Waals surface area contributed by atoms with Gasteiger partial charge in [0, 0.05) is 42.1 Å². The fourth-order valence-electron chi connectivity index (χ4n) is 2.64. The maximum atomic E-state index is 8.90. The van der Waals surface area contributed by atoms with E-state index in [-0.39, 0.29) is 6.61 Å². The Bertz CT molecular complexity index is 903. The number of hydrogen-bond donors (Lipinski definition) is 4. The van der Waals surface area contributed by atoms with Crippen molar-refractivity contribution in [2.75, 3.05) is 13.2 Å².